The number of carbonyl (C=O) groups excluding carboxylic acids is 2. The molecule has 5 heteroatoms. The molecule has 1 amide bonds. The van der Waals surface area contributed by atoms with Crippen molar-refractivity contribution >= 4 is 23.0 Å². The average molecular weight is 199 g/mol. The van der Waals surface area contributed by atoms with Gasteiger partial charge in [0.05, 0.1) is 6.42 Å². The molecule has 0 aromatic heterocycles. The standard InChI is InChI=1S/C8H9NO3S/c10-2-1-6-4-9-7(11)3-8(9)13(12)5-6/h1-2,8H,3-5H2/t8-,13?/m0/s1. The van der Waals surface area contributed by atoms with Crippen molar-refractivity contribution in [2.45, 2.75) is 11.8 Å². The first kappa shape index (κ1) is 8.62. The van der Waals surface area contributed by atoms with Gasteiger partial charge in [-0.1, -0.05) is 0 Å². The van der Waals surface area contributed by atoms with Crippen molar-refractivity contribution in [2.24, 2.45) is 0 Å². The van der Waals surface area contributed by atoms with Gasteiger partial charge in [-0.15, -0.1) is 0 Å². The SMILES string of the molecule is O=CC=C1CN2C(=O)C[C@@H]2S(=O)C1. The van der Waals surface area contributed by atoms with E-state index in [9.17, 15) is 13.8 Å². The maximum atomic E-state index is 11.4. The molecule has 0 spiro atoms. The van der Waals surface area contributed by atoms with Crippen LogP contribution in [0, 0.1) is 0 Å². The quantitative estimate of drug-likeness (QED) is 0.323. The molecule has 2 fully saturated rings. The lowest BCUT2D eigenvalue weighted by molar-refractivity contribution is -0.141. The predicted octanol–water partition coefficient (Wildman–Crippen LogP) is -0.568. The summed E-state index contributed by atoms with van der Waals surface area (Å²) < 4.78 is 11.4. The lowest BCUT2D eigenvalue weighted by atomic mass is 10.1. The van der Waals surface area contributed by atoms with Crippen molar-refractivity contribution in [1.29, 1.82) is 0 Å². The molecule has 0 N–H and O–H groups in total. The molecule has 70 valence electrons. The van der Waals surface area contributed by atoms with Crippen molar-refractivity contribution in [1.82, 2.24) is 4.90 Å². The Balaban J connectivity index is 2.16. The number of carbonyl (C=O) groups is 2. The van der Waals surface area contributed by atoms with Gasteiger partial charge in [0.25, 0.3) is 0 Å². The molecule has 0 aromatic carbocycles. The zero-order valence-electron chi connectivity index (χ0n) is 6.93. The Kier molecular flexibility index (Phi) is 2.03. The van der Waals surface area contributed by atoms with E-state index in [-0.39, 0.29) is 11.3 Å². The number of amides is 1. The van der Waals surface area contributed by atoms with Crippen molar-refractivity contribution in [3.8, 4) is 0 Å². The normalized spacial score (nSPS) is 35.5. The van der Waals surface area contributed by atoms with Gasteiger partial charge in [-0.05, 0) is 11.6 Å². The summed E-state index contributed by atoms with van der Waals surface area (Å²) in [5.41, 5.74) is 0.789. The number of fused-ring (bicyclic) bond motifs is 1. The average Bonchev–Trinajstić information content (AvgIpc) is 2.09. The predicted molar refractivity (Wildman–Crippen MR) is 47.3 cm³/mol. The second kappa shape index (κ2) is 3.06. The van der Waals surface area contributed by atoms with Crippen LogP contribution < -0.4 is 0 Å². The molecule has 0 aliphatic carbocycles. The highest BCUT2D eigenvalue weighted by molar-refractivity contribution is 7.86. The van der Waals surface area contributed by atoms with Crippen molar-refractivity contribution in [3.63, 3.8) is 0 Å². The fraction of sp³-hybridized carbons (Fsp3) is 0.500. The van der Waals surface area contributed by atoms with Gasteiger partial charge in [-0.3, -0.25) is 13.8 Å². The monoisotopic (exact) mass is 199 g/mol. The van der Waals surface area contributed by atoms with E-state index in [2.05, 4.69) is 0 Å². The van der Waals surface area contributed by atoms with Crippen LogP contribution in [0.2, 0.25) is 0 Å². The van der Waals surface area contributed by atoms with Gasteiger partial charge in [-0.25, -0.2) is 0 Å². The maximum absolute atomic E-state index is 11.4. The minimum Gasteiger partial charge on any atom is -0.323 e. The summed E-state index contributed by atoms with van der Waals surface area (Å²) in [6, 6.07) is 0. The van der Waals surface area contributed by atoms with E-state index in [1.54, 1.807) is 4.90 Å². The summed E-state index contributed by atoms with van der Waals surface area (Å²) in [5, 5.41) is -0.0868. The van der Waals surface area contributed by atoms with Crippen LogP contribution >= 0.6 is 0 Å². The van der Waals surface area contributed by atoms with E-state index >= 15 is 0 Å². The first-order valence-electron chi connectivity index (χ1n) is 4.02. The van der Waals surface area contributed by atoms with E-state index in [0.717, 1.165) is 5.57 Å². The molecule has 0 saturated carbocycles. The first-order chi connectivity index (χ1) is 6.22. The third-order valence-corrected chi connectivity index (χ3v) is 4.01. The van der Waals surface area contributed by atoms with E-state index in [0.29, 0.717) is 25.0 Å². The zero-order valence-corrected chi connectivity index (χ0v) is 7.75. The molecule has 2 heterocycles. The number of allylic oxidation sites excluding steroid dienone is 1. The van der Waals surface area contributed by atoms with Crippen LogP contribution in [0.4, 0.5) is 0 Å². The number of hydrogen-bond donors (Lipinski definition) is 0. The minimum atomic E-state index is -1.00. The van der Waals surface area contributed by atoms with Crippen LogP contribution in [0.25, 0.3) is 0 Å². The van der Waals surface area contributed by atoms with Crippen LogP contribution in [-0.2, 0) is 20.4 Å². The Morgan fingerprint density at radius 2 is 2.31 bits per heavy atom. The Labute approximate surface area is 78.0 Å². The molecular formula is C8H9NO3S. The van der Waals surface area contributed by atoms with Gasteiger partial charge < -0.3 is 4.90 Å². The van der Waals surface area contributed by atoms with Gasteiger partial charge in [0.15, 0.2) is 0 Å². The molecule has 13 heavy (non-hydrogen) atoms. The molecule has 1 unspecified atom stereocenters. The van der Waals surface area contributed by atoms with Crippen molar-refractivity contribution in [3.05, 3.63) is 11.6 Å². The second-order valence-corrected chi connectivity index (χ2v) is 4.76. The van der Waals surface area contributed by atoms with Crippen LogP contribution in [0.1, 0.15) is 6.42 Å². The third-order valence-electron chi connectivity index (χ3n) is 2.33. The highest BCUT2D eigenvalue weighted by Crippen LogP contribution is 2.28. The van der Waals surface area contributed by atoms with Gasteiger partial charge >= 0.3 is 0 Å². The molecule has 2 aliphatic heterocycles. The lowest BCUT2D eigenvalue weighted by Crippen LogP contribution is -2.58. The fourth-order valence-corrected chi connectivity index (χ4v) is 3.14. The third kappa shape index (κ3) is 1.33. The molecule has 4 nitrogen and oxygen atoms in total. The van der Waals surface area contributed by atoms with Crippen molar-refractivity contribution in [2.75, 3.05) is 12.3 Å². The van der Waals surface area contributed by atoms with Gasteiger partial charge in [0.1, 0.15) is 11.7 Å². The van der Waals surface area contributed by atoms with E-state index in [1.165, 1.54) is 6.08 Å². The summed E-state index contributed by atoms with van der Waals surface area (Å²) in [5.74, 6) is 0.475. The second-order valence-electron chi connectivity index (χ2n) is 3.17. The number of nitrogens with zero attached hydrogens (tertiary/aromatic N) is 1. The summed E-state index contributed by atoms with van der Waals surface area (Å²) in [6.45, 7) is 0.480. The fourth-order valence-electron chi connectivity index (χ4n) is 1.59. The summed E-state index contributed by atoms with van der Waals surface area (Å²) in [6.07, 6.45) is 2.48. The zero-order chi connectivity index (χ0) is 9.42. The maximum Gasteiger partial charge on any atom is 0.226 e. The minimum absolute atomic E-state index is 0.0369. The molecular weight excluding hydrogens is 190 g/mol. The number of rotatable bonds is 1. The Hall–Kier alpha value is -0.970. The topological polar surface area (TPSA) is 54.5 Å². The van der Waals surface area contributed by atoms with Crippen molar-refractivity contribution < 1.29 is 13.8 Å². The summed E-state index contributed by atoms with van der Waals surface area (Å²) >= 11 is 0. The van der Waals surface area contributed by atoms with E-state index in [1.807, 2.05) is 0 Å². The van der Waals surface area contributed by atoms with Gasteiger partial charge in [0.2, 0.25) is 5.91 Å². The highest BCUT2D eigenvalue weighted by atomic mass is 32.2. The van der Waals surface area contributed by atoms with Crippen LogP contribution in [-0.4, -0.2) is 39.0 Å². The lowest BCUT2D eigenvalue weighted by Gasteiger charge is -2.43. The molecule has 2 atom stereocenters. The van der Waals surface area contributed by atoms with Crippen LogP contribution in [0.15, 0.2) is 11.6 Å². The molecule has 0 bridgehead atoms. The van der Waals surface area contributed by atoms with Crippen LogP contribution in [0.3, 0.4) is 0 Å². The van der Waals surface area contributed by atoms with E-state index in [4.69, 9.17) is 0 Å². The van der Waals surface area contributed by atoms with Gasteiger partial charge in [-0.2, -0.15) is 0 Å². The number of aldehydes is 1. The summed E-state index contributed by atoms with van der Waals surface area (Å²) in [7, 11) is -1.00. The first-order valence-corrected chi connectivity index (χ1v) is 5.40. The molecule has 2 aliphatic rings. The Morgan fingerprint density at radius 3 is 2.92 bits per heavy atom. The number of β-lactam (4-membered cyclic amide) rings is 1. The molecule has 0 aromatic rings. The Bertz CT molecular complexity index is 323. The largest absolute Gasteiger partial charge is 0.323 e. The molecule has 2 rings (SSSR count). The number of hydrogen-bond acceptors (Lipinski definition) is 3. The molecule has 0 radical (unpaired) electrons. The van der Waals surface area contributed by atoms with Gasteiger partial charge in [0, 0.05) is 23.1 Å². The Morgan fingerprint density at radius 1 is 1.54 bits per heavy atom. The van der Waals surface area contributed by atoms with E-state index < -0.39 is 10.8 Å². The highest BCUT2D eigenvalue weighted by Gasteiger charge is 2.43. The smallest absolute Gasteiger partial charge is 0.226 e. The van der Waals surface area contributed by atoms with Crippen LogP contribution in [0.5, 0.6) is 0 Å². The summed E-state index contributed by atoms with van der Waals surface area (Å²) in [4.78, 5) is 22.8. The molecule has 2 saturated heterocycles.